The number of carbonyl (C=O) groups is 1. The molecule has 0 spiro atoms. The van der Waals surface area contributed by atoms with Crippen LogP contribution in [0.1, 0.15) is 34.1 Å². The number of hydrogen-bond donors (Lipinski definition) is 0. The van der Waals surface area contributed by atoms with Gasteiger partial charge in [0.05, 0.1) is 10.8 Å². The Kier molecular flexibility index (Phi) is 6.48. The number of rotatable bonds is 5. The molecule has 0 amide bonds. The second kappa shape index (κ2) is 6.78. The lowest BCUT2D eigenvalue weighted by atomic mass is 9.94. The summed E-state index contributed by atoms with van der Waals surface area (Å²) in [5, 5.41) is -0.717. The van der Waals surface area contributed by atoms with Crippen LogP contribution in [0.15, 0.2) is 11.2 Å². The molecule has 94 valence electrons. The Morgan fingerprint density at radius 1 is 1.44 bits per heavy atom. The molecule has 0 aliphatic carbocycles. The van der Waals surface area contributed by atoms with Crippen LogP contribution < -0.4 is 0 Å². The smallest absolute Gasteiger partial charge is 0.302 e. The summed E-state index contributed by atoms with van der Waals surface area (Å²) in [6.07, 6.45) is 1.72. The highest BCUT2D eigenvalue weighted by molar-refractivity contribution is 7.88. The second-order valence-electron chi connectivity index (χ2n) is 4.67. The molecular weight excluding hydrogens is 231 g/mol. The fourth-order valence-electron chi connectivity index (χ4n) is 0.814. The Morgan fingerprint density at radius 3 is 2.44 bits per heavy atom. The Balaban J connectivity index is 4.03. The van der Waals surface area contributed by atoms with E-state index >= 15 is 0 Å². The topological polar surface area (TPSA) is 43.4 Å². The molecule has 16 heavy (non-hydrogen) atoms. The largest absolute Gasteiger partial charge is 0.462 e. The van der Waals surface area contributed by atoms with E-state index in [1.807, 2.05) is 20.8 Å². The average Bonchev–Trinajstić information content (AvgIpc) is 2.12. The van der Waals surface area contributed by atoms with Crippen LogP contribution in [0.3, 0.4) is 0 Å². The van der Waals surface area contributed by atoms with Crippen molar-refractivity contribution in [1.29, 1.82) is 0 Å². The zero-order valence-electron chi connectivity index (χ0n) is 10.2. The van der Waals surface area contributed by atoms with Gasteiger partial charge in [-0.05, 0) is 17.9 Å². The second-order valence-corrected chi connectivity index (χ2v) is 6.16. The van der Waals surface area contributed by atoms with Gasteiger partial charge in [0.2, 0.25) is 0 Å². The lowest BCUT2D eigenvalue weighted by Crippen LogP contribution is -2.11. The van der Waals surface area contributed by atoms with Gasteiger partial charge in [-0.3, -0.25) is 9.00 Å². The first-order valence-corrected chi connectivity index (χ1v) is 6.41. The van der Waals surface area contributed by atoms with Gasteiger partial charge < -0.3 is 4.74 Å². The van der Waals surface area contributed by atoms with E-state index in [1.165, 1.54) is 6.92 Å². The third kappa shape index (κ3) is 8.59. The van der Waals surface area contributed by atoms with E-state index in [0.717, 1.165) is 6.08 Å². The van der Waals surface area contributed by atoms with Crippen LogP contribution in [-0.4, -0.2) is 22.5 Å². The third-order valence-corrected chi connectivity index (χ3v) is 2.96. The van der Waals surface area contributed by atoms with E-state index in [-0.39, 0.29) is 17.8 Å². The first-order valence-electron chi connectivity index (χ1n) is 5.10. The van der Waals surface area contributed by atoms with Gasteiger partial charge in [-0.2, -0.15) is 4.39 Å². The van der Waals surface area contributed by atoms with Crippen molar-refractivity contribution in [3.05, 3.63) is 11.2 Å². The highest BCUT2D eigenvalue weighted by atomic mass is 32.2. The number of esters is 1. The van der Waals surface area contributed by atoms with Crippen molar-refractivity contribution in [3.63, 3.8) is 0 Å². The zero-order chi connectivity index (χ0) is 12.8. The number of ether oxygens (including phenoxy) is 1. The molecule has 0 radical (unpaired) electrons. The molecule has 3 nitrogen and oxygen atoms in total. The Labute approximate surface area is 98.5 Å². The highest BCUT2D eigenvalue weighted by Gasteiger charge is 2.14. The summed E-state index contributed by atoms with van der Waals surface area (Å²) in [5.41, 5.74) is 0.0336. The van der Waals surface area contributed by atoms with E-state index in [2.05, 4.69) is 4.74 Å². The summed E-state index contributed by atoms with van der Waals surface area (Å²) in [5.74, 6) is -0.198. The molecule has 0 saturated heterocycles. The number of hydrogen-bond acceptors (Lipinski definition) is 3. The van der Waals surface area contributed by atoms with Crippen molar-refractivity contribution in [2.45, 2.75) is 34.1 Å². The van der Waals surface area contributed by atoms with Gasteiger partial charge in [0.1, 0.15) is 6.61 Å². The predicted octanol–water partition coefficient (Wildman–Crippen LogP) is 2.55. The maximum Gasteiger partial charge on any atom is 0.302 e. The molecule has 0 aromatic rings. The Bertz CT molecular complexity index is 292. The van der Waals surface area contributed by atoms with Crippen molar-refractivity contribution in [2.24, 2.45) is 5.41 Å². The van der Waals surface area contributed by atoms with E-state index in [0.29, 0.717) is 6.42 Å². The van der Waals surface area contributed by atoms with Crippen LogP contribution in [0, 0.1) is 5.41 Å². The maximum atomic E-state index is 13.2. The molecular formula is C11H19FO3S. The molecule has 0 saturated carbocycles. The summed E-state index contributed by atoms with van der Waals surface area (Å²) in [4.78, 5) is 10.4. The maximum absolute atomic E-state index is 13.2. The Hall–Kier alpha value is -0.710. The van der Waals surface area contributed by atoms with E-state index in [4.69, 9.17) is 0 Å². The molecule has 0 N–H and O–H groups in total. The van der Waals surface area contributed by atoms with E-state index in [1.54, 1.807) is 0 Å². The molecule has 5 heteroatoms. The molecule has 0 bridgehead atoms. The molecule has 0 fully saturated rings. The number of carbonyl (C=O) groups excluding carboxylic acids is 1. The van der Waals surface area contributed by atoms with Gasteiger partial charge in [-0.25, -0.2) is 0 Å². The molecule has 0 aromatic heterocycles. The first kappa shape index (κ1) is 15.3. The molecule has 0 rings (SSSR count). The number of halogens is 1. The van der Waals surface area contributed by atoms with Crippen LogP contribution >= 0.6 is 0 Å². The van der Waals surface area contributed by atoms with E-state index < -0.39 is 21.9 Å². The van der Waals surface area contributed by atoms with Crippen LogP contribution in [-0.2, 0) is 20.3 Å². The van der Waals surface area contributed by atoms with Gasteiger partial charge in [0.25, 0.3) is 0 Å². The van der Waals surface area contributed by atoms with Crippen LogP contribution in [0.5, 0.6) is 0 Å². The van der Waals surface area contributed by atoms with Gasteiger partial charge >= 0.3 is 5.97 Å². The summed E-state index contributed by atoms with van der Waals surface area (Å²) in [6.45, 7) is 7.09. The lowest BCUT2D eigenvalue weighted by molar-refractivity contribution is -0.139. The monoisotopic (exact) mass is 250 g/mol. The summed E-state index contributed by atoms with van der Waals surface area (Å²) >= 11 is 0. The van der Waals surface area contributed by atoms with Gasteiger partial charge in [-0.1, -0.05) is 20.8 Å². The molecule has 0 aliphatic heterocycles. The molecule has 1 unspecified atom stereocenters. The normalized spacial score (nSPS) is 14.7. The van der Waals surface area contributed by atoms with Crippen LogP contribution in [0.4, 0.5) is 4.39 Å². The molecule has 0 heterocycles. The zero-order valence-corrected chi connectivity index (χ0v) is 11.0. The van der Waals surface area contributed by atoms with Gasteiger partial charge in [-0.15, -0.1) is 0 Å². The average molecular weight is 250 g/mol. The van der Waals surface area contributed by atoms with Crippen LogP contribution in [0.2, 0.25) is 0 Å². The highest BCUT2D eigenvalue weighted by Crippen LogP contribution is 2.20. The van der Waals surface area contributed by atoms with Gasteiger partial charge in [0, 0.05) is 12.7 Å². The summed E-state index contributed by atoms with van der Waals surface area (Å²) < 4.78 is 29.1. The minimum absolute atomic E-state index is 0.0336. The van der Waals surface area contributed by atoms with Crippen molar-refractivity contribution in [1.82, 2.24) is 0 Å². The first-order chi connectivity index (χ1) is 7.22. The fraction of sp³-hybridized carbons (Fsp3) is 0.727. The summed E-state index contributed by atoms with van der Waals surface area (Å²) in [7, 11) is -1.62. The standard InChI is InChI=1S/C11H19FO3S/c1-9(13)15-7-5-10(12)16(14)8-6-11(2,3)4/h5H,6-8H2,1-4H3. The van der Waals surface area contributed by atoms with Crippen LogP contribution in [0.25, 0.3) is 0 Å². The van der Waals surface area contributed by atoms with Gasteiger partial charge in [0.15, 0.2) is 5.16 Å². The van der Waals surface area contributed by atoms with Crippen molar-refractivity contribution >= 4 is 16.8 Å². The summed E-state index contributed by atoms with van der Waals surface area (Å²) in [6, 6.07) is 0. The lowest BCUT2D eigenvalue weighted by Gasteiger charge is -2.16. The van der Waals surface area contributed by atoms with Crippen molar-refractivity contribution in [3.8, 4) is 0 Å². The quantitative estimate of drug-likeness (QED) is 0.704. The Morgan fingerprint density at radius 2 is 2.00 bits per heavy atom. The third-order valence-electron chi connectivity index (χ3n) is 1.79. The molecule has 0 aromatic carbocycles. The van der Waals surface area contributed by atoms with E-state index in [9.17, 15) is 13.4 Å². The SMILES string of the molecule is CC(=O)OCC=C(F)S(=O)CCC(C)(C)C. The fourth-order valence-corrected chi connectivity index (χ4v) is 2.06. The van der Waals surface area contributed by atoms with Crippen molar-refractivity contribution < 1.29 is 18.1 Å². The predicted molar refractivity (Wildman–Crippen MR) is 62.9 cm³/mol. The minimum atomic E-state index is -1.62. The minimum Gasteiger partial charge on any atom is -0.462 e. The molecule has 0 aliphatic rings. The van der Waals surface area contributed by atoms with Crippen molar-refractivity contribution in [2.75, 3.05) is 12.4 Å². The molecule has 1 atom stereocenters.